The fraction of sp³-hybridized carbons (Fsp3) is 0.464. The van der Waals surface area contributed by atoms with Gasteiger partial charge in [0.05, 0.1) is 10.7 Å². The number of amides is 4. The highest BCUT2D eigenvalue weighted by molar-refractivity contribution is 6.33. The molecule has 9 heteroatoms. The molecule has 1 saturated heterocycles. The molecule has 2 aromatic carbocycles. The Morgan fingerprint density at radius 2 is 1.65 bits per heavy atom. The van der Waals surface area contributed by atoms with Crippen molar-refractivity contribution in [1.29, 1.82) is 0 Å². The fourth-order valence-electron chi connectivity index (χ4n) is 4.19. The van der Waals surface area contributed by atoms with E-state index in [2.05, 4.69) is 15.5 Å². The predicted octanol–water partition coefficient (Wildman–Crippen LogP) is 4.59. The number of halogens is 1. The SMILES string of the molecule is CC(C)CC(=O)N(CC(=O)Nc1cc(N2CCN(C(=O)NC(C)C)CC2)ccc1Cl)Cc1ccccc1. The van der Waals surface area contributed by atoms with Gasteiger partial charge >= 0.3 is 6.03 Å². The van der Waals surface area contributed by atoms with Gasteiger partial charge in [-0.25, -0.2) is 4.79 Å². The maximum Gasteiger partial charge on any atom is 0.317 e. The molecule has 0 aliphatic carbocycles. The molecule has 0 spiro atoms. The van der Waals surface area contributed by atoms with Crippen LogP contribution in [-0.2, 0) is 16.1 Å². The summed E-state index contributed by atoms with van der Waals surface area (Å²) in [4.78, 5) is 43.8. The summed E-state index contributed by atoms with van der Waals surface area (Å²) in [5, 5.41) is 6.25. The third kappa shape index (κ3) is 8.67. The van der Waals surface area contributed by atoms with Crippen molar-refractivity contribution >= 4 is 40.8 Å². The highest BCUT2D eigenvalue weighted by Crippen LogP contribution is 2.28. The molecule has 0 radical (unpaired) electrons. The van der Waals surface area contributed by atoms with Gasteiger partial charge in [0, 0.05) is 50.9 Å². The number of hydrogen-bond acceptors (Lipinski definition) is 4. The summed E-state index contributed by atoms with van der Waals surface area (Å²) >= 11 is 6.42. The molecule has 0 saturated carbocycles. The topological polar surface area (TPSA) is 85.0 Å². The van der Waals surface area contributed by atoms with Gasteiger partial charge in [-0.1, -0.05) is 55.8 Å². The molecule has 2 aromatic rings. The average molecular weight is 528 g/mol. The number of piperazine rings is 1. The van der Waals surface area contributed by atoms with Gasteiger partial charge in [0.2, 0.25) is 11.8 Å². The lowest BCUT2D eigenvalue weighted by molar-refractivity contribution is -0.136. The molecule has 1 heterocycles. The van der Waals surface area contributed by atoms with E-state index >= 15 is 0 Å². The molecule has 200 valence electrons. The van der Waals surface area contributed by atoms with E-state index in [1.165, 1.54) is 0 Å². The third-order valence-electron chi connectivity index (χ3n) is 6.05. The predicted molar refractivity (Wildman–Crippen MR) is 149 cm³/mol. The van der Waals surface area contributed by atoms with Crippen molar-refractivity contribution in [1.82, 2.24) is 15.1 Å². The van der Waals surface area contributed by atoms with Crippen LogP contribution in [-0.4, -0.2) is 66.4 Å². The molecule has 3 rings (SSSR count). The molecule has 0 aromatic heterocycles. The van der Waals surface area contributed by atoms with Crippen LogP contribution in [0.25, 0.3) is 0 Å². The summed E-state index contributed by atoms with van der Waals surface area (Å²) in [7, 11) is 0. The van der Waals surface area contributed by atoms with Crippen LogP contribution in [0.5, 0.6) is 0 Å². The Kier molecular flexibility index (Phi) is 10.2. The van der Waals surface area contributed by atoms with Gasteiger partial charge in [0.15, 0.2) is 0 Å². The van der Waals surface area contributed by atoms with Crippen LogP contribution in [0.15, 0.2) is 48.5 Å². The number of anilines is 2. The molecule has 2 N–H and O–H groups in total. The Morgan fingerprint density at radius 3 is 2.27 bits per heavy atom. The monoisotopic (exact) mass is 527 g/mol. The molecule has 0 unspecified atom stereocenters. The van der Waals surface area contributed by atoms with Gasteiger partial charge in [0.1, 0.15) is 6.54 Å². The summed E-state index contributed by atoms with van der Waals surface area (Å²) in [6, 6.07) is 15.2. The second kappa shape index (κ2) is 13.3. The maximum absolute atomic E-state index is 13.0. The summed E-state index contributed by atoms with van der Waals surface area (Å²) < 4.78 is 0. The molecule has 1 aliphatic heterocycles. The van der Waals surface area contributed by atoms with E-state index in [1.54, 1.807) is 11.0 Å². The van der Waals surface area contributed by atoms with Crippen LogP contribution in [0.2, 0.25) is 5.02 Å². The zero-order valence-corrected chi connectivity index (χ0v) is 22.9. The number of nitrogens with one attached hydrogen (secondary N) is 2. The van der Waals surface area contributed by atoms with Crippen LogP contribution < -0.4 is 15.5 Å². The lowest BCUT2D eigenvalue weighted by Crippen LogP contribution is -2.52. The summed E-state index contributed by atoms with van der Waals surface area (Å²) in [6.45, 7) is 10.7. The Bertz CT molecular complexity index is 1070. The molecule has 0 bridgehead atoms. The van der Waals surface area contributed by atoms with Crippen molar-refractivity contribution in [2.24, 2.45) is 5.92 Å². The Labute approximate surface area is 224 Å². The number of rotatable bonds is 9. The van der Waals surface area contributed by atoms with Gasteiger partial charge < -0.3 is 25.3 Å². The highest BCUT2D eigenvalue weighted by atomic mass is 35.5. The standard InChI is InChI=1S/C28H38ClN5O3/c1-20(2)16-27(36)34(18-22-8-6-5-7-9-22)19-26(35)31-25-17-23(10-11-24(25)29)32-12-14-33(15-13-32)28(37)30-21(3)4/h5-11,17,20-21H,12-16,18-19H2,1-4H3,(H,30,37)(H,31,35). The molecule has 0 atom stereocenters. The summed E-state index contributed by atoms with van der Waals surface area (Å²) in [6.07, 6.45) is 0.373. The van der Waals surface area contributed by atoms with E-state index in [4.69, 9.17) is 11.6 Å². The second-order valence-corrected chi connectivity index (χ2v) is 10.5. The van der Waals surface area contributed by atoms with Crippen LogP contribution >= 0.6 is 11.6 Å². The zero-order valence-electron chi connectivity index (χ0n) is 22.2. The largest absolute Gasteiger partial charge is 0.368 e. The van der Waals surface area contributed by atoms with Gasteiger partial charge in [-0.15, -0.1) is 0 Å². The highest BCUT2D eigenvalue weighted by Gasteiger charge is 2.23. The number of carbonyl (C=O) groups excluding carboxylic acids is 3. The fourth-order valence-corrected chi connectivity index (χ4v) is 4.35. The molecular weight excluding hydrogens is 490 g/mol. The van der Waals surface area contributed by atoms with Crippen molar-refractivity contribution in [3.63, 3.8) is 0 Å². The second-order valence-electron chi connectivity index (χ2n) is 10.1. The number of hydrogen-bond donors (Lipinski definition) is 2. The first-order valence-electron chi connectivity index (χ1n) is 12.8. The van der Waals surface area contributed by atoms with Crippen molar-refractivity contribution in [3.8, 4) is 0 Å². The van der Waals surface area contributed by atoms with E-state index in [9.17, 15) is 14.4 Å². The van der Waals surface area contributed by atoms with Crippen LogP contribution in [0.4, 0.5) is 16.2 Å². The zero-order chi connectivity index (χ0) is 26.9. The third-order valence-corrected chi connectivity index (χ3v) is 6.38. The first-order chi connectivity index (χ1) is 17.6. The molecule has 1 aliphatic rings. The van der Waals surface area contributed by atoms with E-state index < -0.39 is 0 Å². The van der Waals surface area contributed by atoms with Crippen molar-refractivity contribution in [3.05, 3.63) is 59.1 Å². The van der Waals surface area contributed by atoms with Crippen molar-refractivity contribution in [2.75, 3.05) is 42.9 Å². The van der Waals surface area contributed by atoms with E-state index in [1.807, 2.05) is 75.1 Å². The summed E-state index contributed by atoms with van der Waals surface area (Å²) in [5.41, 5.74) is 2.38. The molecule has 4 amide bonds. The maximum atomic E-state index is 13.0. The molecule has 37 heavy (non-hydrogen) atoms. The minimum Gasteiger partial charge on any atom is -0.368 e. The number of nitrogens with zero attached hydrogens (tertiary/aromatic N) is 3. The minimum atomic E-state index is -0.303. The number of urea groups is 1. The molecular formula is C28H38ClN5O3. The minimum absolute atomic E-state index is 0.0502. The van der Waals surface area contributed by atoms with Crippen LogP contribution in [0.1, 0.15) is 39.7 Å². The first-order valence-corrected chi connectivity index (χ1v) is 13.2. The Balaban J connectivity index is 1.65. The van der Waals surface area contributed by atoms with E-state index in [-0.39, 0.29) is 36.3 Å². The van der Waals surface area contributed by atoms with Crippen molar-refractivity contribution < 1.29 is 14.4 Å². The van der Waals surface area contributed by atoms with Gasteiger partial charge in [-0.2, -0.15) is 0 Å². The van der Waals surface area contributed by atoms with Crippen LogP contribution in [0.3, 0.4) is 0 Å². The van der Waals surface area contributed by atoms with Crippen molar-refractivity contribution in [2.45, 2.75) is 46.7 Å². The lowest BCUT2D eigenvalue weighted by atomic mass is 10.1. The quantitative estimate of drug-likeness (QED) is 0.499. The summed E-state index contributed by atoms with van der Waals surface area (Å²) in [5.74, 6) is -0.174. The van der Waals surface area contributed by atoms with Gasteiger partial charge in [-0.05, 0) is 43.5 Å². The average Bonchev–Trinajstić information content (AvgIpc) is 2.85. The Morgan fingerprint density at radius 1 is 0.973 bits per heavy atom. The van der Waals surface area contributed by atoms with Gasteiger partial charge in [0.25, 0.3) is 0 Å². The van der Waals surface area contributed by atoms with E-state index in [0.717, 1.165) is 11.3 Å². The Hall–Kier alpha value is -3.26. The van der Waals surface area contributed by atoms with Crippen LogP contribution in [0, 0.1) is 5.92 Å². The molecule has 1 fully saturated rings. The number of carbonyl (C=O) groups is 3. The molecule has 8 nitrogen and oxygen atoms in total. The smallest absolute Gasteiger partial charge is 0.317 e. The van der Waals surface area contributed by atoms with Gasteiger partial charge in [-0.3, -0.25) is 9.59 Å². The van der Waals surface area contributed by atoms with E-state index in [0.29, 0.717) is 49.9 Å². The first kappa shape index (κ1) is 28.3. The lowest BCUT2D eigenvalue weighted by Gasteiger charge is -2.36. The number of benzene rings is 2. The normalized spacial score (nSPS) is 13.6.